The fraction of sp³-hybridized carbons (Fsp3) is 0.333. The highest BCUT2D eigenvalue weighted by molar-refractivity contribution is 6.09. The van der Waals surface area contributed by atoms with Gasteiger partial charge in [-0.2, -0.15) is 13.2 Å². The van der Waals surface area contributed by atoms with Crippen LogP contribution in [0.2, 0.25) is 0 Å². The number of aryl methyl sites for hydroxylation is 1. The largest absolute Gasteiger partial charge is 0.473 e. The van der Waals surface area contributed by atoms with Crippen molar-refractivity contribution < 1.29 is 27.5 Å². The lowest BCUT2D eigenvalue weighted by atomic mass is 9.95. The number of halogens is 3. The highest BCUT2D eigenvalue weighted by Crippen LogP contribution is 2.49. The zero-order valence-electron chi connectivity index (χ0n) is 19.1. The van der Waals surface area contributed by atoms with E-state index in [1.165, 1.54) is 28.4 Å². The van der Waals surface area contributed by atoms with E-state index in [1.54, 1.807) is 20.8 Å². The van der Waals surface area contributed by atoms with Crippen molar-refractivity contribution in [1.82, 2.24) is 0 Å². The molecule has 3 atom stereocenters. The summed E-state index contributed by atoms with van der Waals surface area (Å²) in [6, 6.07) is 11.6. The van der Waals surface area contributed by atoms with Crippen molar-refractivity contribution in [2.75, 3.05) is 4.90 Å². The minimum Gasteiger partial charge on any atom is -0.473 e. The molecule has 34 heavy (non-hydrogen) atoms. The molecule has 2 aromatic rings. The molecule has 5 rings (SSSR count). The second-order valence-corrected chi connectivity index (χ2v) is 9.34. The second kappa shape index (κ2) is 7.86. The van der Waals surface area contributed by atoms with Gasteiger partial charge in [0.25, 0.3) is 5.91 Å². The van der Waals surface area contributed by atoms with Gasteiger partial charge >= 0.3 is 6.18 Å². The number of anilines is 1. The number of nitrogens with zero attached hydrogens (tertiary/aromatic N) is 1. The molecule has 1 aliphatic heterocycles. The molecule has 0 saturated heterocycles. The van der Waals surface area contributed by atoms with Crippen molar-refractivity contribution >= 4 is 17.4 Å². The molecule has 7 heteroatoms. The number of alkyl halides is 3. The van der Waals surface area contributed by atoms with E-state index in [0.717, 1.165) is 18.6 Å². The van der Waals surface area contributed by atoms with Crippen molar-refractivity contribution in [2.24, 2.45) is 5.92 Å². The van der Waals surface area contributed by atoms with E-state index in [4.69, 9.17) is 4.74 Å². The van der Waals surface area contributed by atoms with Crippen LogP contribution in [0.1, 0.15) is 48.4 Å². The zero-order valence-corrected chi connectivity index (χ0v) is 19.1. The van der Waals surface area contributed by atoms with Gasteiger partial charge in [-0.05, 0) is 73.6 Å². The molecule has 3 aliphatic rings. The molecule has 2 aliphatic carbocycles. The van der Waals surface area contributed by atoms with Crippen LogP contribution in [0, 0.1) is 12.8 Å². The van der Waals surface area contributed by atoms with Gasteiger partial charge in [-0.1, -0.05) is 24.3 Å². The normalized spacial score (nSPS) is 25.4. The minimum absolute atomic E-state index is 0.00800. The lowest BCUT2D eigenvalue weighted by molar-refractivity contribution is -0.137. The standard InChI is InChI=1S/C27H24F3NO3/c1-14-8-18(27(28,29)30)11-19(9-14)31-25(33)15(2)16(3)26(31)34-13-23-21-10-17-6-4-5-7-20(17)22(21)12-24(23)32/h4-9,11,13,21-22,26H,10,12H2,1-3H3/b23-13+. The Hall–Kier alpha value is -3.35. The maximum absolute atomic E-state index is 13.4. The van der Waals surface area contributed by atoms with Crippen molar-refractivity contribution in [1.29, 1.82) is 0 Å². The van der Waals surface area contributed by atoms with Crippen LogP contribution in [0.5, 0.6) is 0 Å². The van der Waals surface area contributed by atoms with Gasteiger partial charge in [0.15, 0.2) is 5.78 Å². The Balaban J connectivity index is 1.47. The van der Waals surface area contributed by atoms with E-state index >= 15 is 0 Å². The van der Waals surface area contributed by atoms with Gasteiger partial charge in [-0.15, -0.1) is 0 Å². The third-order valence-electron chi connectivity index (χ3n) is 7.23. The molecule has 2 aromatic carbocycles. The lowest BCUT2D eigenvalue weighted by Gasteiger charge is -2.27. The molecule has 0 bridgehead atoms. The number of hydrogen-bond acceptors (Lipinski definition) is 3. The average molecular weight is 467 g/mol. The number of benzene rings is 2. The van der Waals surface area contributed by atoms with Crippen LogP contribution in [-0.4, -0.2) is 17.9 Å². The molecular formula is C27H24F3NO3. The van der Waals surface area contributed by atoms with Crippen LogP contribution in [0.3, 0.4) is 0 Å². The molecule has 1 heterocycles. The van der Waals surface area contributed by atoms with Crippen LogP contribution in [-0.2, 0) is 26.9 Å². The number of ketones is 1. The summed E-state index contributed by atoms with van der Waals surface area (Å²) in [6.07, 6.45) is -2.87. The van der Waals surface area contributed by atoms with E-state index in [-0.39, 0.29) is 23.3 Å². The highest BCUT2D eigenvalue weighted by atomic mass is 19.4. The SMILES string of the molecule is CC1=C(C)C(O/C=C2/C(=O)CC3c4ccccc4CC23)N(c2cc(C)cc(C(F)(F)F)c2)C1=O. The Morgan fingerprint density at radius 2 is 1.74 bits per heavy atom. The van der Waals surface area contributed by atoms with E-state index in [1.807, 2.05) is 12.1 Å². The van der Waals surface area contributed by atoms with Gasteiger partial charge in [0, 0.05) is 29.2 Å². The van der Waals surface area contributed by atoms with Crippen molar-refractivity contribution in [2.45, 2.75) is 51.9 Å². The first-order chi connectivity index (χ1) is 16.1. The van der Waals surface area contributed by atoms with E-state index in [2.05, 4.69) is 12.1 Å². The Bertz CT molecular complexity index is 1270. The first-order valence-electron chi connectivity index (χ1n) is 11.2. The Morgan fingerprint density at radius 1 is 1.00 bits per heavy atom. The first kappa shape index (κ1) is 22.4. The Morgan fingerprint density at radius 3 is 2.47 bits per heavy atom. The van der Waals surface area contributed by atoms with Gasteiger partial charge in [0.05, 0.1) is 11.8 Å². The Kier molecular flexibility index (Phi) is 5.19. The van der Waals surface area contributed by atoms with Crippen molar-refractivity contribution in [3.05, 3.63) is 87.7 Å². The van der Waals surface area contributed by atoms with Gasteiger partial charge in [0.1, 0.15) is 0 Å². The van der Waals surface area contributed by atoms with Crippen molar-refractivity contribution in [3.8, 4) is 0 Å². The summed E-state index contributed by atoms with van der Waals surface area (Å²) in [5.74, 6) is -0.279. The highest BCUT2D eigenvalue weighted by Gasteiger charge is 2.45. The first-order valence-corrected chi connectivity index (χ1v) is 11.2. The summed E-state index contributed by atoms with van der Waals surface area (Å²) in [7, 11) is 0. The molecular weight excluding hydrogens is 443 g/mol. The molecule has 0 radical (unpaired) electrons. The summed E-state index contributed by atoms with van der Waals surface area (Å²) < 4.78 is 46.3. The number of hydrogen-bond donors (Lipinski definition) is 0. The van der Waals surface area contributed by atoms with Crippen LogP contribution in [0.25, 0.3) is 0 Å². The molecule has 1 amide bonds. The van der Waals surface area contributed by atoms with Gasteiger partial charge < -0.3 is 4.74 Å². The Labute approximate surface area is 195 Å². The zero-order chi connectivity index (χ0) is 24.4. The summed E-state index contributed by atoms with van der Waals surface area (Å²) in [5.41, 5.74) is 3.68. The third kappa shape index (κ3) is 3.54. The third-order valence-corrected chi connectivity index (χ3v) is 7.23. The maximum atomic E-state index is 13.4. The number of amides is 1. The topological polar surface area (TPSA) is 46.6 Å². The molecule has 3 unspecified atom stereocenters. The predicted octanol–water partition coefficient (Wildman–Crippen LogP) is 5.85. The van der Waals surface area contributed by atoms with E-state index < -0.39 is 23.9 Å². The summed E-state index contributed by atoms with van der Waals surface area (Å²) >= 11 is 0. The molecule has 4 nitrogen and oxygen atoms in total. The van der Waals surface area contributed by atoms with Gasteiger partial charge in [-0.25, -0.2) is 0 Å². The minimum atomic E-state index is -4.54. The summed E-state index contributed by atoms with van der Waals surface area (Å²) in [4.78, 5) is 27.0. The molecule has 0 aromatic heterocycles. The molecule has 176 valence electrons. The number of allylic oxidation sites excluding steroid dienone is 1. The van der Waals surface area contributed by atoms with E-state index in [0.29, 0.717) is 28.7 Å². The molecule has 1 fully saturated rings. The fourth-order valence-corrected chi connectivity index (χ4v) is 5.39. The monoisotopic (exact) mass is 467 g/mol. The maximum Gasteiger partial charge on any atom is 0.416 e. The van der Waals surface area contributed by atoms with Crippen LogP contribution in [0.4, 0.5) is 18.9 Å². The lowest BCUT2D eigenvalue weighted by Crippen LogP contribution is -2.37. The summed E-state index contributed by atoms with van der Waals surface area (Å²) in [6.45, 7) is 4.91. The fourth-order valence-electron chi connectivity index (χ4n) is 5.39. The quantitative estimate of drug-likeness (QED) is 0.420. The number of ether oxygens (including phenoxy) is 1. The molecule has 1 saturated carbocycles. The second-order valence-electron chi connectivity index (χ2n) is 9.34. The number of carbonyl (C=O) groups excluding carboxylic acids is 2. The molecule has 0 N–H and O–H groups in total. The van der Waals surface area contributed by atoms with Crippen LogP contribution >= 0.6 is 0 Å². The summed E-state index contributed by atoms with van der Waals surface area (Å²) in [5, 5.41) is 0. The number of Topliss-reactive ketones (excluding diaryl/α,β-unsaturated/α-hetero) is 1. The van der Waals surface area contributed by atoms with Crippen LogP contribution in [0.15, 0.2) is 65.4 Å². The van der Waals surface area contributed by atoms with Crippen LogP contribution < -0.4 is 4.90 Å². The van der Waals surface area contributed by atoms with Gasteiger partial charge in [-0.3, -0.25) is 14.5 Å². The number of fused-ring (bicyclic) bond motifs is 3. The van der Waals surface area contributed by atoms with Crippen molar-refractivity contribution in [3.63, 3.8) is 0 Å². The average Bonchev–Trinajstić information content (AvgIpc) is 3.35. The number of rotatable bonds is 3. The van der Waals surface area contributed by atoms with E-state index in [9.17, 15) is 22.8 Å². The van der Waals surface area contributed by atoms with Gasteiger partial charge in [0.2, 0.25) is 6.23 Å². The predicted molar refractivity (Wildman–Crippen MR) is 121 cm³/mol. The number of carbonyl (C=O) groups is 2. The smallest absolute Gasteiger partial charge is 0.416 e. The molecule has 0 spiro atoms.